The first-order chi connectivity index (χ1) is 16.8. The van der Waals surface area contributed by atoms with E-state index in [9.17, 15) is 21.6 Å². The first-order valence-corrected chi connectivity index (χ1v) is 14.7. The van der Waals surface area contributed by atoms with Gasteiger partial charge in [-0.3, -0.25) is 13.8 Å². The van der Waals surface area contributed by atoms with Crippen molar-refractivity contribution in [3.8, 4) is 0 Å². The van der Waals surface area contributed by atoms with Crippen molar-refractivity contribution < 1.29 is 21.6 Å². The van der Waals surface area contributed by atoms with Gasteiger partial charge in [0, 0.05) is 11.4 Å². The van der Waals surface area contributed by atoms with E-state index < -0.39 is 32.5 Å². The van der Waals surface area contributed by atoms with Gasteiger partial charge in [-0.15, -0.1) is 0 Å². The van der Waals surface area contributed by atoms with Gasteiger partial charge < -0.3 is 5.32 Å². The molecule has 0 aliphatic carbocycles. The van der Waals surface area contributed by atoms with E-state index in [1.165, 1.54) is 24.3 Å². The SMILES string of the molecule is Cc1ccc(NS(=O)(=O)c2ccc(NC(=O)CN(c3ccc(C(C)C)cc3)S(C)(=O)=O)cc2)cc1C. The number of benzene rings is 3. The monoisotopic (exact) mass is 529 g/mol. The third-order valence-corrected chi connectivity index (χ3v) is 8.28. The van der Waals surface area contributed by atoms with E-state index in [4.69, 9.17) is 0 Å². The van der Waals surface area contributed by atoms with Crippen molar-refractivity contribution in [1.29, 1.82) is 0 Å². The topological polar surface area (TPSA) is 113 Å². The maximum atomic E-state index is 12.7. The molecule has 0 atom stereocenters. The number of carbonyl (C=O) groups is 1. The molecule has 36 heavy (non-hydrogen) atoms. The predicted molar refractivity (Wildman–Crippen MR) is 145 cm³/mol. The molecule has 1 amide bonds. The molecule has 0 bridgehead atoms. The molecule has 0 aromatic heterocycles. The van der Waals surface area contributed by atoms with Crippen molar-refractivity contribution in [3.05, 3.63) is 83.4 Å². The number of hydrogen-bond acceptors (Lipinski definition) is 5. The van der Waals surface area contributed by atoms with Crippen molar-refractivity contribution in [2.24, 2.45) is 0 Å². The molecule has 0 fully saturated rings. The van der Waals surface area contributed by atoms with Gasteiger partial charge in [0.15, 0.2) is 0 Å². The van der Waals surface area contributed by atoms with Gasteiger partial charge >= 0.3 is 0 Å². The van der Waals surface area contributed by atoms with Crippen LogP contribution in [0.4, 0.5) is 17.1 Å². The molecule has 0 unspecified atom stereocenters. The standard InChI is InChI=1S/C26H31N3O5S2/c1-18(2)21-7-12-24(13-8-21)29(35(5,31)32)17-26(30)27-22-10-14-25(15-11-22)36(33,34)28-23-9-6-19(3)20(4)16-23/h6-16,18,28H,17H2,1-5H3,(H,27,30). The van der Waals surface area contributed by atoms with Crippen LogP contribution in [0, 0.1) is 13.8 Å². The van der Waals surface area contributed by atoms with E-state index in [0.29, 0.717) is 17.1 Å². The summed E-state index contributed by atoms with van der Waals surface area (Å²) in [5.41, 5.74) is 4.26. The minimum atomic E-state index is -3.82. The molecule has 3 aromatic rings. The Balaban J connectivity index is 1.71. The van der Waals surface area contributed by atoms with Crippen molar-refractivity contribution in [2.45, 2.75) is 38.5 Å². The van der Waals surface area contributed by atoms with Gasteiger partial charge in [0.2, 0.25) is 15.9 Å². The summed E-state index contributed by atoms with van der Waals surface area (Å²) in [5, 5.41) is 2.63. The van der Waals surface area contributed by atoms with Crippen LogP contribution in [-0.2, 0) is 24.8 Å². The predicted octanol–water partition coefficient (Wildman–Crippen LogP) is 4.63. The number of sulfonamides is 2. The van der Waals surface area contributed by atoms with Crippen molar-refractivity contribution in [2.75, 3.05) is 27.1 Å². The summed E-state index contributed by atoms with van der Waals surface area (Å²) in [4.78, 5) is 12.7. The smallest absolute Gasteiger partial charge is 0.261 e. The summed E-state index contributed by atoms with van der Waals surface area (Å²) in [6.07, 6.45) is 1.04. The number of carbonyl (C=O) groups excluding carboxylic acids is 1. The highest BCUT2D eigenvalue weighted by molar-refractivity contribution is 7.92. The Hall–Kier alpha value is -3.37. The molecule has 3 aromatic carbocycles. The van der Waals surface area contributed by atoms with Crippen molar-refractivity contribution in [1.82, 2.24) is 0 Å². The third-order valence-electron chi connectivity index (χ3n) is 5.74. The molecule has 10 heteroatoms. The largest absolute Gasteiger partial charge is 0.325 e. The van der Waals surface area contributed by atoms with Crippen LogP contribution in [0.5, 0.6) is 0 Å². The quantitative estimate of drug-likeness (QED) is 0.420. The molecule has 0 saturated carbocycles. The van der Waals surface area contributed by atoms with E-state index >= 15 is 0 Å². The van der Waals surface area contributed by atoms with E-state index in [1.807, 2.05) is 45.9 Å². The van der Waals surface area contributed by atoms with Crippen LogP contribution in [0.1, 0.15) is 36.5 Å². The van der Waals surface area contributed by atoms with Crippen LogP contribution in [0.15, 0.2) is 71.6 Å². The number of hydrogen-bond donors (Lipinski definition) is 2. The lowest BCUT2D eigenvalue weighted by molar-refractivity contribution is -0.114. The van der Waals surface area contributed by atoms with Gasteiger partial charge in [-0.2, -0.15) is 0 Å². The van der Waals surface area contributed by atoms with Gasteiger partial charge in [-0.05, 0) is 85.0 Å². The summed E-state index contributed by atoms with van der Waals surface area (Å²) < 4.78 is 53.8. The number of nitrogens with zero attached hydrogens (tertiary/aromatic N) is 1. The summed E-state index contributed by atoms with van der Waals surface area (Å²) in [7, 11) is -7.54. The molecule has 0 spiro atoms. The van der Waals surface area contributed by atoms with Crippen LogP contribution in [0.2, 0.25) is 0 Å². The Morgan fingerprint density at radius 3 is 1.94 bits per heavy atom. The summed E-state index contributed by atoms with van der Waals surface area (Å²) >= 11 is 0. The molecule has 192 valence electrons. The van der Waals surface area contributed by atoms with Gasteiger partial charge in [0.05, 0.1) is 16.8 Å². The second-order valence-corrected chi connectivity index (χ2v) is 12.6. The number of aryl methyl sites for hydroxylation is 2. The molecule has 0 aliphatic rings. The number of amides is 1. The maximum absolute atomic E-state index is 12.7. The highest BCUT2D eigenvalue weighted by Crippen LogP contribution is 2.23. The second-order valence-electron chi connectivity index (χ2n) is 8.99. The van der Waals surface area contributed by atoms with Crippen LogP contribution in [0.25, 0.3) is 0 Å². The Morgan fingerprint density at radius 2 is 1.42 bits per heavy atom. The molecular formula is C26H31N3O5S2. The highest BCUT2D eigenvalue weighted by atomic mass is 32.2. The minimum absolute atomic E-state index is 0.0294. The van der Waals surface area contributed by atoms with Crippen molar-refractivity contribution >= 4 is 43.0 Å². The number of anilines is 3. The lowest BCUT2D eigenvalue weighted by Gasteiger charge is -2.22. The zero-order valence-corrected chi connectivity index (χ0v) is 22.6. The van der Waals surface area contributed by atoms with Gasteiger partial charge in [-0.25, -0.2) is 16.8 Å². The minimum Gasteiger partial charge on any atom is -0.325 e. The Labute approximate surface area is 213 Å². The number of rotatable bonds is 9. The first-order valence-electron chi connectivity index (χ1n) is 11.3. The highest BCUT2D eigenvalue weighted by Gasteiger charge is 2.21. The zero-order valence-electron chi connectivity index (χ0n) is 20.9. The van der Waals surface area contributed by atoms with E-state index in [-0.39, 0.29) is 10.8 Å². The molecule has 0 radical (unpaired) electrons. The molecule has 0 saturated heterocycles. The number of nitrogens with one attached hydrogen (secondary N) is 2. The fourth-order valence-electron chi connectivity index (χ4n) is 3.49. The van der Waals surface area contributed by atoms with Crippen LogP contribution in [-0.4, -0.2) is 35.5 Å². The van der Waals surface area contributed by atoms with Crippen LogP contribution < -0.4 is 14.3 Å². The van der Waals surface area contributed by atoms with Gasteiger partial charge in [0.25, 0.3) is 10.0 Å². The summed E-state index contributed by atoms with van der Waals surface area (Å²) in [6, 6.07) is 18.0. The average Bonchev–Trinajstić information content (AvgIpc) is 2.79. The van der Waals surface area contributed by atoms with Crippen molar-refractivity contribution in [3.63, 3.8) is 0 Å². The summed E-state index contributed by atoms with van der Waals surface area (Å²) in [5.74, 6) is -0.269. The van der Waals surface area contributed by atoms with E-state index in [2.05, 4.69) is 10.0 Å². The van der Waals surface area contributed by atoms with Crippen LogP contribution in [0.3, 0.4) is 0 Å². The molecule has 0 aliphatic heterocycles. The van der Waals surface area contributed by atoms with Gasteiger partial charge in [-0.1, -0.05) is 32.0 Å². The lowest BCUT2D eigenvalue weighted by atomic mass is 10.0. The Morgan fingerprint density at radius 1 is 0.833 bits per heavy atom. The normalized spacial score (nSPS) is 11.8. The van der Waals surface area contributed by atoms with E-state index in [0.717, 1.165) is 27.3 Å². The molecular weight excluding hydrogens is 498 g/mol. The van der Waals surface area contributed by atoms with E-state index in [1.54, 1.807) is 24.3 Å². The molecule has 8 nitrogen and oxygen atoms in total. The maximum Gasteiger partial charge on any atom is 0.261 e. The third kappa shape index (κ3) is 6.86. The fraction of sp³-hybridized carbons (Fsp3) is 0.269. The molecule has 0 heterocycles. The zero-order chi connectivity index (χ0) is 26.7. The van der Waals surface area contributed by atoms with Gasteiger partial charge in [0.1, 0.15) is 6.54 Å². The lowest BCUT2D eigenvalue weighted by Crippen LogP contribution is -2.37. The molecule has 2 N–H and O–H groups in total. The fourth-order valence-corrected chi connectivity index (χ4v) is 5.40. The van der Waals surface area contributed by atoms with Crippen LogP contribution >= 0.6 is 0 Å². The first kappa shape index (κ1) is 27.2. The summed E-state index contributed by atoms with van der Waals surface area (Å²) in [6.45, 7) is 7.49. The average molecular weight is 530 g/mol. The Bertz CT molecular complexity index is 1450. The Kier molecular flexibility index (Phi) is 8.10. The molecule has 3 rings (SSSR count). The second kappa shape index (κ2) is 10.7.